The molecule has 2 heterocycles. The SMILES string of the molecule is Cc1cc(N)nc(S[C@@H](C)C(=O)Nc2ccc3[nH]c(=O)[nH]c3c2)n1. The lowest BCUT2D eigenvalue weighted by Gasteiger charge is -2.11. The van der Waals surface area contributed by atoms with Gasteiger partial charge in [0.1, 0.15) is 5.82 Å². The van der Waals surface area contributed by atoms with Crippen molar-refractivity contribution in [2.45, 2.75) is 24.3 Å². The number of nitrogens with two attached hydrogens (primary N) is 1. The van der Waals surface area contributed by atoms with Gasteiger partial charge in [0.25, 0.3) is 0 Å². The van der Waals surface area contributed by atoms with Crippen molar-refractivity contribution < 1.29 is 4.79 Å². The van der Waals surface area contributed by atoms with E-state index in [0.29, 0.717) is 27.7 Å². The number of carbonyl (C=O) groups excluding carboxylic acids is 1. The van der Waals surface area contributed by atoms with Crippen molar-refractivity contribution in [3.05, 3.63) is 40.4 Å². The summed E-state index contributed by atoms with van der Waals surface area (Å²) in [6.45, 7) is 3.58. The van der Waals surface area contributed by atoms with Crippen LogP contribution in [0.3, 0.4) is 0 Å². The summed E-state index contributed by atoms with van der Waals surface area (Å²) >= 11 is 1.23. The smallest absolute Gasteiger partial charge is 0.323 e. The molecule has 124 valence electrons. The van der Waals surface area contributed by atoms with Gasteiger partial charge >= 0.3 is 5.69 Å². The van der Waals surface area contributed by atoms with Gasteiger partial charge in [0.05, 0.1) is 16.3 Å². The fourth-order valence-corrected chi connectivity index (χ4v) is 3.02. The highest BCUT2D eigenvalue weighted by atomic mass is 32.2. The van der Waals surface area contributed by atoms with E-state index in [1.165, 1.54) is 11.8 Å². The van der Waals surface area contributed by atoms with Crippen LogP contribution in [0.5, 0.6) is 0 Å². The van der Waals surface area contributed by atoms with Crippen LogP contribution < -0.4 is 16.7 Å². The number of aromatic nitrogens is 4. The second-order valence-electron chi connectivity index (χ2n) is 5.31. The number of H-pyrrole nitrogens is 2. The van der Waals surface area contributed by atoms with Crippen molar-refractivity contribution in [1.82, 2.24) is 19.9 Å². The maximum Gasteiger partial charge on any atom is 0.323 e. The van der Waals surface area contributed by atoms with Crippen LogP contribution in [-0.2, 0) is 4.79 Å². The zero-order chi connectivity index (χ0) is 17.3. The van der Waals surface area contributed by atoms with Gasteiger partial charge in [-0.3, -0.25) is 4.79 Å². The molecule has 1 aromatic carbocycles. The van der Waals surface area contributed by atoms with Crippen molar-refractivity contribution in [2.24, 2.45) is 0 Å². The minimum Gasteiger partial charge on any atom is -0.384 e. The summed E-state index contributed by atoms with van der Waals surface area (Å²) in [5.41, 5.74) is 8.07. The number of imidazole rings is 1. The Kier molecular flexibility index (Phi) is 4.26. The maximum absolute atomic E-state index is 12.3. The van der Waals surface area contributed by atoms with Crippen LogP contribution in [-0.4, -0.2) is 31.1 Å². The topological polar surface area (TPSA) is 130 Å². The lowest BCUT2D eigenvalue weighted by molar-refractivity contribution is -0.115. The number of hydrogen-bond donors (Lipinski definition) is 4. The van der Waals surface area contributed by atoms with Crippen LogP contribution in [0, 0.1) is 6.92 Å². The number of aromatic amines is 2. The molecule has 0 saturated heterocycles. The molecule has 0 aliphatic carbocycles. The molecule has 0 unspecified atom stereocenters. The van der Waals surface area contributed by atoms with E-state index in [2.05, 4.69) is 25.3 Å². The molecule has 5 N–H and O–H groups in total. The highest BCUT2D eigenvalue weighted by Gasteiger charge is 2.17. The fourth-order valence-electron chi connectivity index (χ4n) is 2.18. The van der Waals surface area contributed by atoms with Crippen molar-refractivity contribution in [3.63, 3.8) is 0 Å². The molecule has 24 heavy (non-hydrogen) atoms. The molecule has 0 saturated carbocycles. The number of hydrogen-bond acceptors (Lipinski definition) is 6. The molecular weight excluding hydrogens is 328 g/mol. The first-order valence-corrected chi connectivity index (χ1v) is 8.09. The normalized spacial score (nSPS) is 12.2. The van der Waals surface area contributed by atoms with E-state index < -0.39 is 5.25 Å². The zero-order valence-electron chi connectivity index (χ0n) is 13.1. The molecule has 0 fully saturated rings. The molecule has 0 spiro atoms. The Labute approximate surface area is 141 Å². The summed E-state index contributed by atoms with van der Waals surface area (Å²) in [5, 5.41) is 2.86. The molecular formula is C15H16N6O2S. The number of aryl methyl sites for hydroxylation is 1. The van der Waals surface area contributed by atoms with Gasteiger partial charge in [-0.1, -0.05) is 11.8 Å². The van der Waals surface area contributed by atoms with Crippen molar-refractivity contribution in [3.8, 4) is 0 Å². The van der Waals surface area contributed by atoms with Gasteiger partial charge < -0.3 is 21.0 Å². The van der Waals surface area contributed by atoms with E-state index in [1.807, 2.05) is 6.92 Å². The number of anilines is 2. The summed E-state index contributed by atoms with van der Waals surface area (Å²) in [6, 6.07) is 6.82. The summed E-state index contributed by atoms with van der Waals surface area (Å²) in [4.78, 5) is 37.3. The van der Waals surface area contributed by atoms with Gasteiger partial charge in [-0.15, -0.1) is 0 Å². The number of nitrogens with zero attached hydrogens (tertiary/aromatic N) is 2. The van der Waals surface area contributed by atoms with Crippen molar-refractivity contribution in [2.75, 3.05) is 11.1 Å². The standard InChI is InChI=1S/C15H16N6O2S/c1-7-5-12(16)21-15(17-7)24-8(2)13(22)18-9-3-4-10-11(6-9)20-14(23)19-10/h3-6,8H,1-2H3,(H,18,22)(H2,16,17,21)(H2,19,20,23)/t8-/m0/s1. The maximum atomic E-state index is 12.3. The van der Waals surface area contributed by atoms with Gasteiger partial charge in [0.15, 0.2) is 5.16 Å². The number of amides is 1. The molecule has 0 aliphatic heterocycles. The summed E-state index contributed by atoms with van der Waals surface area (Å²) in [7, 11) is 0. The summed E-state index contributed by atoms with van der Waals surface area (Å²) < 4.78 is 0. The third-order valence-electron chi connectivity index (χ3n) is 3.29. The van der Waals surface area contributed by atoms with Crippen LogP contribution in [0.15, 0.2) is 34.2 Å². The van der Waals surface area contributed by atoms with Crippen LogP contribution in [0.2, 0.25) is 0 Å². The van der Waals surface area contributed by atoms with Gasteiger partial charge in [0, 0.05) is 17.4 Å². The Hall–Kier alpha value is -2.81. The second kappa shape index (κ2) is 6.36. The third-order valence-corrected chi connectivity index (χ3v) is 4.25. The Balaban J connectivity index is 1.71. The molecule has 8 nitrogen and oxygen atoms in total. The Bertz CT molecular complexity index is 944. The number of nitrogens with one attached hydrogen (secondary N) is 3. The van der Waals surface area contributed by atoms with Gasteiger partial charge in [-0.2, -0.15) is 0 Å². The lowest BCUT2D eigenvalue weighted by Crippen LogP contribution is -2.22. The Morgan fingerprint density at radius 2 is 2.00 bits per heavy atom. The van der Waals surface area contributed by atoms with Gasteiger partial charge in [-0.05, 0) is 32.0 Å². The number of benzene rings is 1. The number of nitrogen functional groups attached to an aromatic ring is 1. The molecule has 0 bridgehead atoms. The van der Waals surface area contributed by atoms with Crippen LogP contribution in [0.4, 0.5) is 11.5 Å². The largest absolute Gasteiger partial charge is 0.384 e. The third kappa shape index (κ3) is 3.57. The first-order valence-electron chi connectivity index (χ1n) is 7.21. The fraction of sp³-hybridized carbons (Fsp3) is 0.200. The molecule has 3 rings (SSSR count). The first kappa shape index (κ1) is 16.1. The molecule has 9 heteroatoms. The highest BCUT2D eigenvalue weighted by molar-refractivity contribution is 8.00. The molecule has 0 radical (unpaired) electrons. The number of thioether (sulfide) groups is 1. The van der Waals surface area contributed by atoms with E-state index in [0.717, 1.165) is 5.69 Å². The van der Waals surface area contributed by atoms with E-state index in [9.17, 15) is 9.59 Å². The number of fused-ring (bicyclic) bond motifs is 1. The van der Waals surface area contributed by atoms with E-state index >= 15 is 0 Å². The quantitative estimate of drug-likeness (QED) is 0.421. The van der Waals surface area contributed by atoms with Crippen LogP contribution in [0.25, 0.3) is 11.0 Å². The predicted molar refractivity (Wildman–Crippen MR) is 94.0 cm³/mol. The average molecular weight is 344 g/mol. The van der Waals surface area contributed by atoms with E-state index in [-0.39, 0.29) is 11.6 Å². The first-order chi connectivity index (χ1) is 11.4. The summed E-state index contributed by atoms with van der Waals surface area (Å²) in [5.74, 6) is 0.181. The minimum atomic E-state index is -0.410. The summed E-state index contributed by atoms with van der Waals surface area (Å²) in [6.07, 6.45) is 0. The monoisotopic (exact) mass is 344 g/mol. The number of rotatable bonds is 4. The second-order valence-corrected chi connectivity index (χ2v) is 6.61. The van der Waals surface area contributed by atoms with Crippen LogP contribution >= 0.6 is 11.8 Å². The Morgan fingerprint density at radius 3 is 2.75 bits per heavy atom. The molecule has 2 aromatic heterocycles. The minimum absolute atomic E-state index is 0.194. The van der Waals surface area contributed by atoms with Crippen molar-refractivity contribution in [1.29, 1.82) is 0 Å². The predicted octanol–water partition coefficient (Wildman–Crippen LogP) is 1.66. The average Bonchev–Trinajstić information content (AvgIpc) is 2.85. The molecule has 0 aliphatic rings. The Morgan fingerprint density at radius 1 is 1.25 bits per heavy atom. The molecule has 1 amide bonds. The van der Waals surface area contributed by atoms with E-state index in [4.69, 9.17) is 5.73 Å². The van der Waals surface area contributed by atoms with Gasteiger partial charge in [-0.25, -0.2) is 14.8 Å². The van der Waals surface area contributed by atoms with Crippen LogP contribution in [0.1, 0.15) is 12.6 Å². The molecule has 3 aromatic rings. The lowest BCUT2D eigenvalue weighted by atomic mass is 10.2. The van der Waals surface area contributed by atoms with Gasteiger partial charge in [0.2, 0.25) is 5.91 Å². The number of carbonyl (C=O) groups is 1. The molecule has 1 atom stereocenters. The van der Waals surface area contributed by atoms with Crippen molar-refractivity contribution >= 4 is 40.2 Å². The zero-order valence-corrected chi connectivity index (χ0v) is 13.9. The van der Waals surface area contributed by atoms with E-state index in [1.54, 1.807) is 31.2 Å². The highest BCUT2D eigenvalue weighted by Crippen LogP contribution is 2.22.